The molecule has 0 aliphatic rings. The Morgan fingerprint density at radius 3 is 2.70 bits per heavy atom. The zero-order valence-corrected chi connectivity index (χ0v) is 14.8. The third-order valence-electron chi connectivity index (χ3n) is 3.76. The van der Waals surface area contributed by atoms with Gasteiger partial charge in [-0.3, -0.25) is 15.5 Å². The average molecular weight is 388 g/mol. The number of ketones is 1. The van der Waals surface area contributed by atoms with Gasteiger partial charge in [-0.25, -0.2) is 9.38 Å². The maximum absolute atomic E-state index is 13.3. The Hall–Kier alpha value is -3.03. The zero-order valence-electron chi connectivity index (χ0n) is 14.0. The van der Waals surface area contributed by atoms with Crippen LogP contribution in [0.1, 0.15) is 16.8 Å². The number of nitrogens with one attached hydrogen (secondary N) is 1. The lowest BCUT2D eigenvalue weighted by molar-refractivity contribution is -0.117. The third kappa shape index (κ3) is 4.78. The first-order valence-corrected chi connectivity index (χ1v) is 8.37. The fraction of sp³-hybridized carbons (Fsp3) is 0.105. The van der Waals surface area contributed by atoms with Gasteiger partial charge in [0, 0.05) is 6.42 Å². The van der Waals surface area contributed by atoms with Gasteiger partial charge < -0.3 is 4.52 Å². The van der Waals surface area contributed by atoms with Gasteiger partial charge >= 0.3 is 0 Å². The normalized spacial score (nSPS) is 11.4. The summed E-state index contributed by atoms with van der Waals surface area (Å²) in [6, 6.07) is 13.2. The number of aromatic nitrogens is 1. The van der Waals surface area contributed by atoms with Crippen LogP contribution in [0.25, 0.3) is 0 Å². The van der Waals surface area contributed by atoms with Crippen LogP contribution in [0.5, 0.6) is 0 Å². The van der Waals surface area contributed by atoms with E-state index in [-0.39, 0.29) is 29.5 Å². The summed E-state index contributed by atoms with van der Waals surface area (Å²) in [5.41, 5.74) is 3.79. The van der Waals surface area contributed by atoms with Crippen molar-refractivity contribution >= 4 is 28.9 Å². The first kappa shape index (κ1) is 18.8. The molecule has 3 rings (SSSR count). The molecule has 0 aliphatic carbocycles. The largest absolute Gasteiger partial charge is 0.364 e. The molecule has 138 valence electrons. The second kappa shape index (κ2) is 8.57. The molecule has 1 heterocycles. The minimum Gasteiger partial charge on any atom is -0.364 e. The monoisotopic (exact) mass is 387 g/mol. The number of halogens is 2. The highest BCUT2D eigenvalue weighted by atomic mass is 35.5. The number of hydroxylamine groups is 1. The number of carbonyl (C=O) groups is 1. The summed E-state index contributed by atoms with van der Waals surface area (Å²) in [7, 11) is 0. The molecule has 0 saturated carbocycles. The van der Waals surface area contributed by atoms with Crippen LogP contribution in [0.3, 0.4) is 0 Å². The Kier molecular flexibility index (Phi) is 5.95. The SMILES string of the molecule is O=C(Cc1ccccc1)Cc1nocc1C(=Nc1ccc(F)c(Cl)c1)NO. The molecule has 27 heavy (non-hydrogen) atoms. The van der Waals surface area contributed by atoms with E-state index in [2.05, 4.69) is 10.1 Å². The summed E-state index contributed by atoms with van der Waals surface area (Å²) in [5, 5.41) is 13.2. The molecule has 0 spiro atoms. The molecule has 2 N–H and O–H groups in total. The molecule has 0 amide bonds. The molecule has 2 aromatic carbocycles. The van der Waals surface area contributed by atoms with Crippen LogP contribution < -0.4 is 5.48 Å². The van der Waals surface area contributed by atoms with E-state index in [1.165, 1.54) is 18.4 Å². The van der Waals surface area contributed by atoms with Crippen molar-refractivity contribution in [3.63, 3.8) is 0 Å². The highest BCUT2D eigenvalue weighted by Gasteiger charge is 2.17. The van der Waals surface area contributed by atoms with E-state index in [0.717, 1.165) is 11.6 Å². The van der Waals surface area contributed by atoms with Crippen LogP contribution in [0, 0.1) is 5.82 Å². The summed E-state index contributed by atoms with van der Waals surface area (Å²) in [6.45, 7) is 0. The summed E-state index contributed by atoms with van der Waals surface area (Å²) in [6.07, 6.45) is 1.52. The van der Waals surface area contributed by atoms with E-state index in [9.17, 15) is 14.4 Å². The zero-order chi connectivity index (χ0) is 19.2. The topological polar surface area (TPSA) is 87.7 Å². The number of rotatable bonds is 6. The Morgan fingerprint density at radius 1 is 1.22 bits per heavy atom. The molecule has 0 fully saturated rings. The minimum absolute atomic E-state index is 0.00133. The van der Waals surface area contributed by atoms with Crippen LogP contribution in [-0.4, -0.2) is 22.0 Å². The molecule has 1 aromatic heterocycles. The molecule has 0 unspecified atom stereocenters. The van der Waals surface area contributed by atoms with E-state index >= 15 is 0 Å². The highest BCUT2D eigenvalue weighted by Crippen LogP contribution is 2.22. The Balaban J connectivity index is 1.80. The standard InChI is InChI=1S/C19H15ClFN3O3/c20-16-9-13(6-7-17(16)21)22-19(23-26)15-11-27-24-18(15)10-14(25)8-12-4-2-1-3-5-12/h1-7,9,11,26H,8,10H2,(H,22,23). The maximum Gasteiger partial charge on any atom is 0.162 e. The predicted octanol–water partition coefficient (Wildman–Crippen LogP) is 3.88. The molecule has 0 bridgehead atoms. The molecular weight excluding hydrogens is 373 g/mol. The number of aliphatic imine (C=N–C) groups is 1. The van der Waals surface area contributed by atoms with Gasteiger partial charge in [0.1, 0.15) is 23.6 Å². The van der Waals surface area contributed by atoms with Crippen molar-refractivity contribution in [1.29, 1.82) is 0 Å². The van der Waals surface area contributed by atoms with E-state index < -0.39 is 5.82 Å². The van der Waals surface area contributed by atoms with Gasteiger partial charge in [-0.15, -0.1) is 0 Å². The van der Waals surface area contributed by atoms with Crippen molar-refractivity contribution < 1.29 is 18.9 Å². The lowest BCUT2D eigenvalue weighted by atomic mass is 10.0. The summed E-state index contributed by atoms with van der Waals surface area (Å²) < 4.78 is 18.2. The maximum atomic E-state index is 13.3. The Morgan fingerprint density at radius 2 is 2.00 bits per heavy atom. The van der Waals surface area contributed by atoms with Crippen molar-refractivity contribution in [2.45, 2.75) is 12.8 Å². The lowest BCUT2D eigenvalue weighted by Gasteiger charge is -2.05. The van der Waals surface area contributed by atoms with Gasteiger partial charge in [0.15, 0.2) is 5.84 Å². The molecule has 0 atom stereocenters. The van der Waals surface area contributed by atoms with Crippen molar-refractivity contribution in [3.8, 4) is 0 Å². The van der Waals surface area contributed by atoms with Crippen molar-refractivity contribution in [2.75, 3.05) is 0 Å². The van der Waals surface area contributed by atoms with Gasteiger partial charge in [0.05, 0.1) is 22.7 Å². The Bertz CT molecular complexity index is 973. The van der Waals surface area contributed by atoms with Crippen LogP contribution in [0.4, 0.5) is 10.1 Å². The third-order valence-corrected chi connectivity index (χ3v) is 4.05. The number of hydrogen-bond donors (Lipinski definition) is 2. The van der Waals surface area contributed by atoms with Crippen molar-refractivity contribution in [2.24, 2.45) is 4.99 Å². The fourth-order valence-electron chi connectivity index (χ4n) is 2.48. The van der Waals surface area contributed by atoms with Gasteiger partial charge in [0.25, 0.3) is 0 Å². The first-order chi connectivity index (χ1) is 13.1. The van der Waals surface area contributed by atoms with Gasteiger partial charge in [-0.2, -0.15) is 0 Å². The van der Waals surface area contributed by atoms with E-state index in [1.807, 2.05) is 35.8 Å². The van der Waals surface area contributed by atoms with E-state index in [4.69, 9.17) is 16.1 Å². The number of hydrogen-bond acceptors (Lipinski definition) is 5. The minimum atomic E-state index is -0.578. The van der Waals surface area contributed by atoms with Gasteiger partial charge in [-0.1, -0.05) is 47.1 Å². The highest BCUT2D eigenvalue weighted by molar-refractivity contribution is 6.31. The summed E-state index contributed by atoms with van der Waals surface area (Å²) in [5.74, 6) is -0.647. The number of amidine groups is 1. The van der Waals surface area contributed by atoms with E-state index in [1.54, 1.807) is 0 Å². The summed E-state index contributed by atoms with van der Waals surface area (Å²) in [4.78, 5) is 16.5. The first-order valence-electron chi connectivity index (χ1n) is 8.00. The quantitative estimate of drug-likeness (QED) is 0.381. The molecule has 0 saturated heterocycles. The van der Waals surface area contributed by atoms with Crippen LogP contribution in [0.2, 0.25) is 5.02 Å². The van der Waals surface area contributed by atoms with Crippen LogP contribution in [0.15, 0.2) is 64.3 Å². The molecule has 0 radical (unpaired) electrons. The van der Waals surface area contributed by atoms with Crippen molar-refractivity contribution in [3.05, 3.63) is 82.5 Å². The van der Waals surface area contributed by atoms with Crippen LogP contribution in [-0.2, 0) is 17.6 Å². The smallest absolute Gasteiger partial charge is 0.162 e. The number of nitrogens with zero attached hydrogens (tertiary/aromatic N) is 2. The second-order valence-electron chi connectivity index (χ2n) is 5.72. The molecular formula is C19H15ClFN3O3. The van der Waals surface area contributed by atoms with E-state index in [0.29, 0.717) is 16.9 Å². The molecule has 8 heteroatoms. The number of benzene rings is 2. The fourth-order valence-corrected chi connectivity index (χ4v) is 2.66. The Labute approximate surface area is 159 Å². The predicted molar refractivity (Wildman–Crippen MR) is 97.9 cm³/mol. The van der Waals surface area contributed by atoms with Gasteiger partial charge in [-0.05, 0) is 23.8 Å². The van der Waals surface area contributed by atoms with Crippen molar-refractivity contribution in [1.82, 2.24) is 10.6 Å². The molecule has 0 aliphatic heterocycles. The number of carbonyl (C=O) groups excluding carboxylic acids is 1. The molecule has 3 aromatic rings. The number of Topliss-reactive ketones (excluding diaryl/α,β-unsaturated/α-hetero) is 1. The van der Waals surface area contributed by atoms with Crippen LogP contribution >= 0.6 is 11.6 Å². The lowest BCUT2D eigenvalue weighted by Crippen LogP contribution is -2.22. The second-order valence-corrected chi connectivity index (χ2v) is 6.13. The average Bonchev–Trinajstić information content (AvgIpc) is 3.11. The molecule has 6 nitrogen and oxygen atoms in total. The summed E-state index contributed by atoms with van der Waals surface area (Å²) >= 11 is 5.74. The van der Waals surface area contributed by atoms with Gasteiger partial charge in [0.2, 0.25) is 0 Å².